The van der Waals surface area contributed by atoms with E-state index in [2.05, 4.69) is 31.3 Å². The van der Waals surface area contributed by atoms with Crippen LogP contribution in [0.15, 0.2) is 18.2 Å². The highest BCUT2D eigenvalue weighted by Gasteiger charge is 2.17. The molecule has 2 amide bonds. The molecule has 0 radical (unpaired) electrons. The third kappa shape index (κ3) is 5.48. The zero-order valence-corrected chi connectivity index (χ0v) is 14.1. The van der Waals surface area contributed by atoms with Crippen molar-refractivity contribution in [2.45, 2.75) is 46.7 Å². The van der Waals surface area contributed by atoms with Crippen LogP contribution < -0.4 is 11.1 Å². The van der Waals surface area contributed by atoms with Crippen molar-refractivity contribution in [1.82, 2.24) is 10.2 Å². The number of carbonyl (C=O) groups excluding carboxylic acids is 2. The van der Waals surface area contributed by atoms with Gasteiger partial charge < -0.3 is 11.1 Å². The van der Waals surface area contributed by atoms with Gasteiger partial charge >= 0.3 is 0 Å². The van der Waals surface area contributed by atoms with Crippen molar-refractivity contribution in [2.75, 3.05) is 13.1 Å². The van der Waals surface area contributed by atoms with E-state index in [4.69, 9.17) is 5.73 Å². The molecule has 0 saturated heterocycles. The van der Waals surface area contributed by atoms with E-state index in [1.165, 1.54) is 11.1 Å². The first kappa shape index (κ1) is 18.2. The normalized spacial score (nSPS) is 12.5. The largest absolute Gasteiger partial charge is 0.369 e. The minimum Gasteiger partial charge on any atom is -0.369 e. The second-order valence-corrected chi connectivity index (χ2v) is 6.10. The van der Waals surface area contributed by atoms with Crippen LogP contribution in [0.25, 0.3) is 0 Å². The molecule has 0 bridgehead atoms. The fourth-order valence-electron chi connectivity index (χ4n) is 2.21. The summed E-state index contributed by atoms with van der Waals surface area (Å²) in [7, 11) is 0. The number of hydrogen-bond donors (Lipinski definition) is 2. The van der Waals surface area contributed by atoms with Gasteiger partial charge in [0.1, 0.15) is 0 Å². The average Bonchev–Trinajstić information content (AvgIpc) is 2.40. The minimum absolute atomic E-state index is 0.0746. The fourth-order valence-corrected chi connectivity index (χ4v) is 2.21. The molecule has 0 saturated carbocycles. The third-order valence-electron chi connectivity index (χ3n) is 3.84. The summed E-state index contributed by atoms with van der Waals surface area (Å²) in [5.74, 6) is -0.538. The van der Waals surface area contributed by atoms with Crippen LogP contribution in [0, 0.1) is 13.8 Å². The Hall–Kier alpha value is -1.88. The van der Waals surface area contributed by atoms with Crippen LogP contribution in [0.4, 0.5) is 0 Å². The molecule has 5 heteroatoms. The zero-order valence-electron chi connectivity index (χ0n) is 14.1. The van der Waals surface area contributed by atoms with Crippen LogP contribution in [-0.2, 0) is 9.59 Å². The molecule has 1 aromatic rings. The number of amides is 2. The molecule has 3 N–H and O–H groups in total. The average molecular weight is 305 g/mol. The van der Waals surface area contributed by atoms with Gasteiger partial charge in [0.05, 0.1) is 19.1 Å². The van der Waals surface area contributed by atoms with Crippen molar-refractivity contribution < 1.29 is 9.59 Å². The van der Waals surface area contributed by atoms with Crippen LogP contribution in [0.3, 0.4) is 0 Å². The summed E-state index contributed by atoms with van der Waals surface area (Å²) in [4.78, 5) is 25.0. The fraction of sp³-hybridized carbons (Fsp3) is 0.529. The van der Waals surface area contributed by atoms with E-state index < -0.39 is 5.91 Å². The number of benzene rings is 1. The number of carbonyl (C=O) groups is 2. The first-order chi connectivity index (χ1) is 10.2. The van der Waals surface area contributed by atoms with Gasteiger partial charge in [-0.1, -0.05) is 18.2 Å². The Morgan fingerprint density at radius 2 is 1.77 bits per heavy atom. The quantitative estimate of drug-likeness (QED) is 0.804. The summed E-state index contributed by atoms with van der Waals surface area (Å²) in [6, 6.07) is 6.17. The monoisotopic (exact) mass is 305 g/mol. The number of nitrogens with one attached hydrogen (secondary N) is 1. The highest BCUT2D eigenvalue weighted by atomic mass is 16.2. The molecule has 0 aliphatic rings. The summed E-state index contributed by atoms with van der Waals surface area (Å²) in [6.07, 6.45) is 0. The Labute approximate surface area is 132 Å². The number of nitrogens with two attached hydrogens (primary N) is 1. The minimum atomic E-state index is -0.427. The van der Waals surface area contributed by atoms with Crippen molar-refractivity contribution >= 4 is 11.8 Å². The maximum absolute atomic E-state index is 12.2. The maximum Gasteiger partial charge on any atom is 0.234 e. The molecule has 0 aliphatic carbocycles. The van der Waals surface area contributed by atoms with Gasteiger partial charge in [0, 0.05) is 6.04 Å². The van der Waals surface area contributed by atoms with Crippen LogP contribution in [0.5, 0.6) is 0 Å². The Kier molecular flexibility index (Phi) is 6.56. The second-order valence-electron chi connectivity index (χ2n) is 6.10. The van der Waals surface area contributed by atoms with Gasteiger partial charge in [-0.25, -0.2) is 0 Å². The molecular formula is C17H27N3O2. The summed E-state index contributed by atoms with van der Waals surface area (Å²) in [5.41, 5.74) is 8.73. The van der Waals surface area contributed by atoms with Gasteiger partial charge in [-0.3, -0.25) is 14.5 Å². The number of aryl methyl sites for hydroxylation is 2. The molecule has 0 unspecified atom stereocenters. The predicted molar refractivity (Wildman–Crippen MR) is 88.4 cm³/mol. The molecule has 1 atom stereocenters. The SMILES string of the molecule is Cc1ccc([C@@H](C)NC(=O)CN(CC(N)=O)C(C)C)cc1C. The summed E-state index contributed by atoms with van der Waals surface area (Å²) in [5, 5.41) is 2.97. The Balaban J connectivity index is 2.66. The number of primary amides is 1. The standard InChI is InChI=1S/C17H27N3O2/c1-11(2)20(9-16(18)21)10-17(22)19-14(5)15-7-6-12(3)13(4)8-15/h6-8,11,14H,9-10H2,1-5H3,(H2,18,21)(H,19,22)/t14-/m1/s1. The maximum atomic E-state index is 12.2. The van der Waals surface area contributed by atoms with E-state index in [-0.39, 0.29) is 31.1 Å². The first-order valence-electron chi connectivity index (χ1n) is 7.59. The van der Waals surface area contributed by atoms with E-state index >= 15 is 0 Å². The van der Waals surface area contributed by atoms with E-state index in [1.54, 1.807) is 4.90 Å². The zero-order chi connectivity index (χ0) is 16.9. The predicted octanol–water partition coefficient (Wildman–Crippen LogP) is 1.68. The second kappa shape index (κ2) is 7.94. The number of hydrogen-bond acceptors (Lipinski definition) is 3. The van der Waals surface area contributed by atoms with Crippen molar-refractivity contribution in [2.24, 2.45) is 5.73 Å². The first-order valence-corrected chi connectivity index (χ1v) is 7.59. The molecule has 22 heavy (non-hydrogen) atoms. The van der Waals surface area contributed by atoms with Gasteiger partial charge in [-0.05, 0) is 51.3 Å². The van der Waals surface area contributed by atoms with Crippen LogP contribution in [-0.4, -0.2) is 35.8 Å². The lowest BCUT2D eigenvalue weighted by atomic mass is 10.0. The van der Waals surface area contributed by atoms with Crippen molar-refractivity contribution in [3.63, 3.8) is 0 Å². The molecule has 0 aromatic heterocycles. The van der Waals surface area contributed by atoms with E-state index in [1.807, 2.05) is 26.8 Å². The molecule has 122 valence electrons. The number of rotatable bonds is 7. The van der Waals surface area contributed by atoms with Crippen molar-refractivity contribution in [3.8, 4) is 0 Å². The Morgan fingerprint density at radius 3 is 2.27 bits per heavy atom. The molecule has 0 heterocycles. The summed E-state index contributed by atoms with van der Waals surface area (Å²) < 4.78 is 0. The lowest BCUT2D eigenvalue weighted by Crippen LogP contribution is -2.45. The molecule has 1 aromatic carbocycles. The van der Waals surface area contributed by atoms with Gasteiger partial charge in [-0.15, -0.1) is 0 Å². The molecule has 1 rings (SSSR count). The van der Waals surface area contributed by atoms with Gasteiger partial charge in [0.25, 0.3) is 0 Å². The molecule has 0 fully saturated rings. The Bertz CT molecular complexity index is 541. The highest BCUT2D eigenvalue weighted by Crippen LogP contribution is 2.16. The van der Waals surface area contributed by atoms with Crippen molar-refractivity contribution in [1.29, 1.82) is 0 Å². The third-order valence-corrected chi connectivity index (χ3v) is 3.84. The van der Waals surface area contributed by atoms with E-state index in [0.29, 0.717) is 0 Å². The van der Waals surface area contributed by atoms with Crippen LogP contribution >= 0.6 is 0 Å². The highest BCUT2D eigenvalue weighted by molar-refractivity contribution is 5.80. The summed E-state index contributed by atoms with van der Waals surface area (Å²) >= 11 is 0. The van der Waals surface area contributed by atoms with Crippen LogP contribution in [0.2, 0.25) is 0 Å². The van der Waals surface area contributed by atoms with E-state index in [0.717, 1.165) is 5.56 Å². The van der Waals surface area contributed by atoms with Crippen LogP contribution in [0.1, 0.15) is 43.5 Å². The molecule has 0 spiro atoms. The van der Waals surface area contributed by atoms with Gasteiger partial charge in [-0.2, -0.15) is 0 Å². The van der Waals surface area contributed by atoms with Gasteiger partial charge in [0.15, 0.2) is 0 Å². The lowest BCUT2D eigenvalue weighted by Gasteiger charge is -2.25. The molecular weight excluding hydrogens is 278 g/mol. The molecule has 5 nitrogen and oxygen atoms in total. The topological polar surface area (TPSA) is 75.4 Å². The van der Waals surface area contributed by atoms with Crippen molar-refractivity contribution in [3.05, 3.63) is 34.9 Å². The lowest BCUT2D eigenvalue weighted by molar-refractivity contribution is -0.125. The number of nitrogens with zero attached hydrogens (tertiary/aromatic N) is 1. The smallest absolute Gasteiger partial charge is 0.234 e. The Morgan fingerprint density at radius 1 is 1.14 bits per heavy atom. The molecule has 0 aliphatic heterocycles. The summed E-state index contributed by atoms with van der Waals surface area (Å²) in [6.45, 7) is 10.2. The van der Waals surface area contributed by atoms with Gasteiger partial charge in [0.2, 0.25) is 11.8 Å². The van der Waals surface area contributed by atoms with E-state index in [9.17, 15) is 9.59 Å².